The van der Waals surface area contributed by atoms with Crippen molar-refractivity contribution in [1.29, 1.82) is 0 Å². The molecule has 0 unspecified atom stereocenters. The monoisotopic (exact) mass is 769 g/mol. The van der Waals surface area contributed by atoms with Crippen molar-refractivity contribution in [2.75, 3.05) is 0 Å². The van der Waals surface area contributed by atoms with E-state index in [0.717, 1.165) is 86.6 Å². The molecule has 1 N–H and O–H groups in total. The second-order valence-corrected chi connectivity index (χ2v) is 11.8. The van der Waals surface area contributed by atoms with Gasteiger partial charge in [-0.3, -0.25) is 9.78 Å². The number of nitrogens with zero attached hydrogens (tertiary/aromatic N) is 1. The maximum Gasteiger partial charge on any atom is 0.162 e. The number of hydrogen-bond donors (Lipinski definition) is 1. The van der Waals surface area contributed by atoms with Crippen molar-refractivity contribution in [1.82, 2.24) is 4.98 Å². The molecule has 2 aromatic heterocycles. The Bertz CT molecular complexity index is 1830. The van der Waals surface area contributed by atoms with Gasteiger partial charge in [-0.2, -0.15) is 0 Å². The van der Waals surface area contributed by atoms with E-state index in [1.54, 1.807) is 6.26 Å². The number of aromatic nitrogens is 1. The number of aliphatic hydroxyl groups excluding tert-OH is 1. The molecule has 6 heteroatoms. The Morgan fingerprint density at radius 3 is 2.32 bits per heavy atom. The fourth-order valence-electron chi connectivity index (χ4n) is 6.03. The maximum atomic E-state index is 11.7. The van der Waals surface area contributed by atoms with Crippen molar-refractivity contribution in [2.45, 2.75) is 80.1 Å². The van der Waals surface area contributed by atoms with E-state index in [1.165, 1.54) is 11.6 Å². The second-order valence-electron chi connectivity index (χ2n) is 11.8. The van der Waals surface area contributed by atoms with Crippen molar-refractivity contribution in [2.24, 2.45) is 11.8 Å². The van der Waals surface area contributed by atoms with Gasteiger partial charge in [0, 0.05) is 60.5 Å². The predicted octanol–water partition coefficient (Wildman–Crippen LogP) is 11.0. The summed E-state index contributed by atoms with van der Waals surface area (Å²) in [6.45, 7) is 14.6. The average Bonchev–Trinajstić information content (AvgIpc) is 3.48. The number of pyridine rings is 1. The Kier molecular flexibility index (Phi) is 10.7. The molecule has 5 aromatic rings. The van der Waals surface area contributed by atoms with Gasteiger partial charge in [0.15, 0.2) is 11.4 Å². The maximum absolute atomic E-state index is 11.7. The number of carbonyl (C=O) groups is 1. The van der Waals surface area contributed by atoms with Crippen molar-refractivity contribution in [3.63, 3.8) is 0 Å². The summed E-state index contributed by atoms with van der Waals surface area (Å²) in [6.07, 6.45) is 6.61. The topological polar surface area (TPSA) is 72.6 Å². The summed E-state index contributed by atoms with van der Waals surface area (Å²) >= 11 is 0. The molecule has 3 aromatic carbocycles. The normalized spacial score (nSPS) is 12.4. The molecule has 6 rings (SSSR count). The first kappa shape index (κ1) is 33.4. The van der Waals surface area contributed by atoms with Crippen molar-refractivity contribution < 1.29 is 39.2 Å². The zero-order valence-corrected chi connectivity index (χ0v) is 29.1. The van der Waals surface area contributed by atoms with Gasteiger partial charge in [-0.05, 0) is 56.2 Å². The van der Waals surface area contributed by atoms with E-state index in [4.69, 9.17) is 14.1 Å². The van der Waals surface area contributed by atoms with Crippen LogP contribution in [0.3, 0.4) is 0 Å². The van der Waals surface area contributed by atoms with E-state index in [0.29, 0.717) is 5.92 Å². The summed E-state index contributed by atoms with van der Waals surface area (Å²) in [5, 5.41) is 14.0. The molecule has 0 spiro atoms. The third-order valence-electron chi connectivity index (χ3n) is 8.84. The summed E-state index contributed by atoms with van der Waals surface area (Å²) in [6, 6.07) is 18.1. The first-order chi connectivity index (χ1) is 20.7. The largest absolute Gasteiger partial charge is 0.512 e. The number of ketones is 1. The molecule has 0 atom stereocenters. The Morgan fingerprint density at radius 1 is 0.977 bits per heavy atom. The van der Waals surface area contributed by atoms with Gasteiger partial charge >= 0.3 is 0 Å². The fourth-order valence-corrected chi connectivity index (χ4v) is 6.03. The molecule has 3 heterocycles. The Hall–Kier alpha value is -3.47. The van der Waals surface area contributed by atoms with Crippen molar-refractivity contribution in [3.8, 4) is 22.8 Å². The number of rotatable bonds is 8. The van der Waals surface area contributed by atoms with E-state index >= 15 is 0 Å². The van der Waals surface area contributed by atoms with Crippen LogP contribution in [0.1, 0.15) is 84.3 Å². The number of hydrogen-bond acceptors (Lipinski definition) is 5. The molecule has 233 valence electrons. The molecule has 44 heavy (non-hydrogen) atoms. The van der Waals surface area contributed by atoms with Gasteiger partial charge in [0.1, 0.15) is 11.3 Å². The number of aliphatic hydroxyl groups is 1. The molecule has 0 saturated heterocycles. The van der Waals surface area contributed by atoms with Crippen LogP contribution in [-0.4, -0.2) is 15.9 Å². The molecule has 0 amide bonds. The van der Waals surface area contributed by atoms with Gasteiger partial charge < -0.3 is 14.3 Å². The quantitative estimate of drug-likeness (QED) is 0.0948. The van der Waals surface area contributed by atoms with Gasteiger partial charge in [0.05, 0.1) is 17.8 Å². The Morgan fingerprint density at radius 2 is 1.66 bits per heavy atom. The van der Waals surface area contributed by atoms with Crippen molar-refractivity contribution >= 4 is 38.4 Å². The third-order valence-corrected chi connectivity index (χ3v) is 8.84. The first-order valence-electron chi connectivity index (χ1n) is 15.6. The number of furan rings is 1. The van der Waals surface area contributed by atoms with Gasteiger partial charge in [-0.15, -0.1) is 17.5 Å². The summed E-state index contributed by atoms with van der Waals surface area (Å²) in [5.41, 5.74) is 5.86. The second kappa shape index (κ2) is 14.1. The van der Waals surface area contributed by atoms with Gasteiger partial charge in [-0.25, -0.2) is 0 Å². The van der Waals surface area contributed by atoms with E-state index in [9.17, 15) is 9.90 Å². The number of carbonyl (C=O) groups excluding carboxylic acids is 1. The van der Waals surface area contributed by atoms with Gasteiger partial charge in [0.25, 0.3) is 0 Å². The Balaban J connectivity index is 0.000000239. The zero-order chi connectivity index (χ0) is 30.8. The number of benzene rings is 3. The first-order valence-corrected chi connectivity index (χ1v) is 15.6. The van der Waals surface area contributed by atoms with Crippen LogP contribution in [-0.2, 0) is 24.9 Å². The number of allylic oxidation sites excluding steroid dienone is 2. The van der Waals surface area contributed by atoms with E-state index in [2.05, 4.69) is 57.2 Å². The summed E-state index contributed by atoms with van der Waals surface area (Å²) in [5.74, 6) is 2.63. The van der Waals surface area contributed by atoms with Crippen LogP contribution in [0.4, 0.5) is 0 Å². The smallest absolute Gasteiger partial charge is 0.162 e. The van der Waals surface area contributed by atoms with Crippen LogP contribution in [0.25, 0.3) is 43.9 Å². The van der Waals surface area contributed by atoms with Crippen LogP contribution in [0.5, 0.6) is 11.5 Å². The summed E-state index contributed by atoms with van der Waals surface area (Å²) < 4.78 is 12.3. The molecular formula is C38H42IrNO4-. The minimum Gasteiger partial charge on any atom is -0.512 e. The molecule has 0 saturated carbocycles. The Labute approximate surface area is 274 Å². The van der Waals surface area contributed by atoms with E-state index in [-0.39, 0.29) is 43.5 Å². The molecule has 0 fully saturated rings. The minimum absolute atomic E-state index is 0. The van der Waals surface area contributed by atoms with Crippen LogP contribution in [0.15, 0.2) is 65.0 Å². The molecule has 1 radical (unpaired) electrons. The zero-order valence-electron chi connectivity index (χ0n) is 26.7. The van der Waals surface area contributed by atoms with Crippen LogP contribution in [0, 0.1) is 24.8 Å². The number of fused-ring (bicyclic) bond motifs is 5. The van der Waals surface area contributed by atoms with Crippen LogP contribution >= 0.6 is 0 Å². The summed E-state index contributed by atoms with van der Waals surface area (Å²) in [4.78, 5) is 16.7. The summed E-state index contributed by atoms with van der Waals surface area (Å²) in [7, 11) is 0. The van der Waals surface area contributed by atoms with Crippen LogP contribution < -0.4 is 4.74 Å². The molecule has 1 aliphatic rings. The van der Waals surface area contributed by atoms with Gasteiger partial charge in [-0.1, -0.05) is 76.3 Å². The molecule has 0 aliphatic carbocycles. The standard InChI is InChI=1S/C25H18NO2.C13H24O2.Ir/c1-13(2)16-11-18-22-21(12-16)28-24-14(3)17-7-5-4-6-15(17)10-19(24)23(22)26-20-8-9-27-25(18)20;1-5-10(6-2)12(14)9-13(15)11(7-3)8-4;/h4-9,11-13H,1-3H3;9-11,14H,5-8H2,1-4H3;/q-1;;/b;12-9-;. The van der Waals surface area contributed by atoms with Crippen molar-refractivity contribution in [3.05, 3.63) is 77.8 Å². The van der Waals surface area contributed by atoms with E-state index in [1.807, 2.05) is 39.8 Å². The number of aryl methyl sites for hydroxylation is 1. The van der Waals surface area contributed by atoms with Crippen LogP contribution in [0.2, 0.25) is 0 Å². The average molecular weight is 769 g/mol. The molecular weight excluding hydrogens is 727 g/mol. The SMILES string of the molecule is CCC(CC)C(=O)/C=C(\O)C(CC)CC.Cc1c2c([c-]c3ccccc13)-c1nc3ccoc3c3cc(C(C)C)cc(c13)O2.[Ir]. The molecule has 0 bridgehead atoms. The third kappa shape index (κ3) is 6.20. The molecule has 1 aliphatic heterocycles. The predicted molar refractivity (Wildman–Crippen MR) is 176 cm³/mol. The number of ether oxygens (including phenoxy) is 1. The fraction of sp³-hybridized carbons (Fsp3) is 0.368. The molecule has 5 nitrogen and oxygen atoms in total. The van der Waals surface area contributed by atoms with E-state index < -0.39 is 0 Å². The van der Waals surface area contributed by atoms with Gasteiger partial charge in [0.2, 0.25) is 0 Å². The minimum atomic E-state index is 0.